The molecule has 5 rings (SSSR count). The number of hydrogen-bond donors (Lipinski definition) is 3. The summed E-state index contributed by atoms with van der Waals surface area (Å²) < 4.78 is 33.3. The number of carbonyl (C=O) groups is 2. The number of likely N-dealkylation sites (tertiary alicyclic amines) is 1. The monoisotopic (exact) mass is 509 g/mol. The van der Waals surface area contributed by atoms with Crippen molar-refractivity contribution in [1.82, 2.24) is 30.1 Å². The fourth-order valence-electron chi connectivity index (χ4n) is 3.37. The maximum absolute atomic E-state index is 12.4. The number of fused-ring (bicyclic) bond motifs is 1. The van der Waals surface area contributed by atoms with Crippen LogP contribution in [0.3, 0.4) is 0 Å². The quantitative estimate of drug-likeness (QED) is 0.365. The molecule has 0 saturated carbocycles. The van der Waals surface area contributed by atoms with Crippen LogP contribution in [0.1, 0.15) is 17.1 Å². The summed E-state index contributed by atoms with van der Waals surface area (Å²) in [6.07, 6.45) is 3.89. The second-order valence-corrected chi connectivity index (χ2v) is 8.59. The minimum atomic E-state index is -5.19. The van der Waals surface area contributed by atoms with E-state index in [0.29, 0.717) is 4.88 Å². The van der Waals surface area contributed by atoms with Gasteiger partial charge in [0.2, 0.25) is 0 Å². The van der Waals surface area contributed by atoms with Crippen molar-refractivity contribution in [3.8, 4) is 22.3 Å². The van der Waals surface area contributed by atoms with Crippen molar-refractivity contribution in [3.63, 3.8) is 0 Å². The zero-order chi connectivity index (χ0) is 24.5. The molecule has 186 valence electrons. The van der Waals surface area contributed by atoms with Gasteiger partial charge in [-0.15, -0.1) is 11.3 Å². The van der Waals surface area contributed by atoms with Gasteiger partial charge in [0.25, 0.3) is 5.91 Å². The number of carbonyl (C=O) groups excluding carboxylic acids is 2. The molecule has 1 aliphatic heterocycles. The summed E-state index contributed by atoms with van der Waals surface area (Å²) in [5.74, 6) is -3.01. The molecule has 4 aromatic heterocycles. The Balaban J connectivity index is 0.000000378. The molecule has 1 saturated heterocycles. The predicted molar refractivity (Wildman–Crippen MR) is 120 cm³/mol. The number of alkyl halides is 3. The standard InChI is InChI=1S/C18H17N7OS.C2HF3O2.CH4/c1-24-8-14(9-24)23-18(26)16-2-11(10-27-16)15-6-22-25-7-13(3-19-17(15)25)12-4-20-21-5-12;3-2(4,5)1(6)7;/h2-7,10,14H,8-9H2,1H3,(H,20,21)(H,23,26);(H,6,7);1H4. The van der Waals surface area contributed by atoms with Gasteiger partial charge < -0.3 is 20.1 Å². The fraction of sp³-hybridized carbons (Fsp3) is 0.286. The lowest BCUT2D eigenvalue weighted by Gasteiger charge is -2.32. The highest BCUT2D eigenvalue weighted by Crippen LogP contribution is 2.29. The Hall–Kier alpha value is -3.78. The normalized spacial score (nSPS) is 17.0. The number of H-pyrrole nitrogens is 1. The molecule has 3 N–H and O–H groups in total. The molecular formula is C21H22F3N7O3S. The maximum atomic E-state index is 12.4. The number of rotatable bonds is 4. The molecule has 0 aliphatic carbocycles. The van der Waals surface area contributed by atoms with E-state index in [1.165, 1.54) is 16.2 Å². The minimum Gasteiger partial charge on any atom is -0.542 e. The lowest BCUT2D eigenvalue weighted by Crippen LogP contribution is -3.19. The Morgan fingerprint density at radius 2 is 1.94 bits per heavy atom. The summed E-state index contributed by atoms with van der Waals surface area (Å²) in [4.78, 5) is 27.9. The van der Waals surface area contributed by atoms with Gasteiger partial charge in [0.05, 0.1) is 24.3 Å². The van der Waals surface area contributed by atoms with E-state index in [2.05, 4.69) is 32.6 Å². The number of halogens is 3. The zero-order valence-electron chi connectivity index (χ0n) is 17.6. The van der Waals surface area contributed by atoms with E-state index in [1.54, 1.807) is 23.1 Å². The molecule has 0 radical (unpaired) electrons. The topological polar surface area (TPSA) is 133 Å². The largest absolute Gasteiger partial charge is 0.542 e. The van der Waals surface area contributed by atoms with Gasteiger partial charge in [-0.2, -0.15) is 23.4 Å². The van der Waals surface area contributed by atoms with Crippen LogP contribution in [0, 0.1) is 0 Å². The van der Waals surface area contributed by atoms with Gasteiger partial charge in [-0.05, 0) is 17.0 Å². The van der Waals surface area contributed by atoms with E-state index in [0.717, 1.165) is 41.0 Å². The second-order valence-electron chi connectivity index (χ2n) is 7.68. The molecule has 5 heterocycles. The van der Waals surface area contributed by atoms with Crippen molar-refractivity contribution in [2.45, 2.75) is 19.6 Å². The van der Waals surface area contributed by atoms with Gasteiger partial charge in [0.15, 0.2) is 5.65 Å². The molecule has 0 unspecified atom stereocenters. The number of carboxylic acids is 1. The fourth-order valence-corrected chi connectivity index (χ4v) is 4.18. The van der Waals surface area contributed by atoms with E-state index in [-0.39, 0.29) is 19.4 Å². The molecule has 14 heteroatoms. The molecule has 1 amide bonds. The van der Waals surface area contributed by atoms with Gasteiger partial charge in [-0.1, -0.05) is 7.43 Å². The molecule has 0 bridgehead atoms. The van der Waals surface area contributed by atoms with Crippen LogP contribution in [-0.4, -0.2) is 69.0 Å². The highest BCUT2D eigenvalue weighted by atomic mass is 32.1. The van der Waals surface area contributed by atoms with Crippen molar-refractivity contribution in [2.24, 2.45) is 0 Å². The number of quaternary nitrogens is 1. The summed E-state index contributed by atoms with van der Waals surface area (Å²) in [5.41, 5.74) is 4.52. The van der Waals surface area contributed by atoms with E-state index in [1.807, 2.05) is 23.8 Å². The Labute approximate surface area is 201 Å². The van der Waals surface area contributed by atoms with Gasteiger partial charge >= 0.3 is 6.18 Å². The van der Waals surface area contributed by atoms with Crippen molar-refractivity contribution < 1.29 is 32.8 Å². The van der Waals surface area contributed by atoms with Crippen LogP contribution < -0.4 is 15.3 Å². The molecular weight excluding hydrogens is 487 g/mol. The number of aromatic nitrogens is 5. The van der Waals surface area contributed by atoms with Crippen LogP contribution in [0.2, 0.25) is 0 Å². The number of aromatic amines is 1. The number of carboxylic acid groups (broad SMARTS) is 1. The third kappa shape index (κ3) is 5.84. The maximum Gasteiger partial charge on any atom is 0.430 e. The van der Waals surface area contributed by atoms with Crippen LogP contribution in [0.25, 0.3) is 27.9 Å². The van der Waals surface area contributed by atoms with E-state index < -0.39 is 12.1 Å². The van der Waals surface area contributed by atoms with Crippen LogP contribution >= 0.6 is 11.3 Å². The lowest BCUT2D eigenvalue weighted by atomic mass is 10.1. The first kappa shape index (κ1) is 25.8. The zero-order valence-corrected chi connectivity index (χ0v) is 18.4. The van der Waals surface area contributed by atoms with Crippen molar-refractivity contribution in [3.05, 3.63) is 47.3 Å². The molecule has 10 nitrogen and oxygen atoms in total. The average molecular weight is 510 g/mol. The Morgan fingerprint density at radius 1 is 1.23 bits per heavy atom. The Bertz CT molecular complexity index is 1310. The molecule has 0 aromatic carbocycles. The van der Waals surface area contributed by atoms with E-state index >= 15 is 0 Å². The van der Waals surface area contributed by atoms with Gasteiger partial charge in [0.1, 0.15) is 25.1 Å². The van der Waals surface area contributed by atoms with Crippen molar-refractivity contribution in [2.75, 3.05) is 20.1 Å². The first-order chi connectivity index (χ1) is 16.1. The number of amides is 1. The lowest BCUT2D eigenvalue weighted by molar-refractivity contribution is -0.922. The summed E-state index contributed by atoms with van der Waals surface area (Å²) in [6, 6.07) is 2.20. The molecule has 1 fully saturated rings. The minimum absolute atomic E-state index is 0. The van der Waals surface area contributed by atoms with Crippen molar-refractivity contribution in [1.29, 1.82) is 0 Å². The number of aliphatic carboxylic acids is 1. The highest BCUT2D eigenvalue weighted by Gasteiger charge is 2.30. The smallest absolute Gasteiger partial charge is 0.430 e. The Kier molecular flexibility index (Phi) is 7.55. The first-order valence-corrected chi connectivity index (χ1v) is 10.8. The van der Waals surface area contributed by atoms with Gasteiger partial charge in [0, 0.05) is 35.3 Å². The number of thiophene rings is 1. The highest BCUT2D eigenvalue weighted by molar-refractivity contribution is 7.12. The SMILES string of the molecule is C.C[NH+]1CC(NC(=O)c2cc(-c3cnn4cc(-c5cn[nH]c5)cnc34)cs2)C1.O=C([O-])C(F)(F)F. The number of nitrogens with zero attached hydrogens (tertiary/aromatic N) is 4. The van der Waals surface area contributed by atoms with Crippen LogP contribution in [0.5, 0.6) is 0 Å². The van der Waals surface area contributed by atoms with Gasteiger partial charge in [-0.3, -0.25) is 9.89 Å². The number of likely N-dealkylation sites (N-methyl/N-ethyl adjacent to an activating group) is 1. The third-order valence-electron chi connectivity index (χ3n) is 5.08. The Morgan fingerprint density at radius 3 is 2.54 bits per heavy atom. The van der Waals surface area contributed by atoms with Gasteiger partial charge in [-0.25, -0.2) is 9.50 Å². The second kappa shape index (κ2) is 10.2. The predicted octanol–water partition coefficient (Wildman–Crippen LogP) is 0.409. The number of nitrogens with one attached hydrogen (secondary N) is 3. The van der Waals surface area contributed by atoms with Crippen LogP contribution in [0.15, 0.2) is 42.4 Å². The third-order valence-corrected chi connectivity index (χ3v) is 6.01. The van der Waals surface area contributed by atoms with Crippen molar-refractivity contribution >= 4 is 28.9 Å². The van der Waals surface area contributed by atoms with Crippen LogP contribution in [0.4, 0.5) is 13.2 Å². The summed E-state index contributed by atoms with van der Waals surface area (Å²) in [5, 5.41) is 25.0. The number of hydrogen-bond acceptors (Lipinski definition) is 7. The summed E-state index contributed by atoms with van der Waals surface area (Å²) in [6.45, 7) is 1.97. The molecule has 35 heavy (non-hydrogen) atoms. The summed E-state index contributed by atoms with van der Waals surface area (Å²) in [7, 11) is 2.13. The molecule has 0 atom stereocenters. The molecule has 4 aromatic rings. The first-order valence-electron chi connectivity index (χ1n) is 9.93. The van der Waals surface area contributed by atoms with E-state index in [4.69, 9.17) is 9.90 Å². The summed E-state index contributed by atoms with van der Waals surface area (Å²) >= 11 is 1.45. The molecule has 0 spiro atoms. The van der Waals surface area contributed by atoms with E-state index in [9.17, 15) is 18.0 Å². The average Bonchev–Trinajstić information content (AvgIpc) is 3.51. The van der Waals surface area contributed by atoms with Crippen LogP contribution in [-0.2, 0) is 4.79 Å². The molecule has 1 aliphatic rings.